The molecule has 0 atom stereocenters. The Morgan fingerprint density at radius 1 is 1.19 bits per heavy atom. The van der Waals surface area contributed by atoms with E-state index in [0.29, 0.717) is 18.0 Å². The van der Waals surface area contributed by atoms with Gasteiger partial charge in [0.05, 0.1) is 17.8 Å². The van der Waals surface area contributed by atoms with Crippen molar-refractivity contribution in [2.45, 2.75) is 6.92 Å². The van der Waals surface area contributed by atoms with Crippen LogP contribution >= 0.6 is 0 Å². The van der Waals surface area contributed by atoms with Gasteiger partial charge in [-0.05, 0) is 31.2 Å². The van der Waals surface area contributed by atoms with Gasteiger partial charge in [-0.1, -0.05) is 12.1 Å². The summed E-state index contributed by atoms with van der Waals surface area (Å²) in [7, 11) is 0. The summed E-state index contributed by atoms with van der Waals surface area (Å²) in [4.78, 5) is 4.07. The molecule has 0 saturated carbocycles. The summed E-state index contributed by atoms with van der Waals surface area (Å²) in [6, 6.07) is 9.43. The quantitative estimate of drug-likeness (QED) is 0.805. The van der Waals surface area contributed by atoms with Gasteiger partial charge in [-0.3, -0.25) is 4.57 Å². The number of fused-ring (bicyclic) bond motifs is 1. The number of anilines is 1. The first-order valence-electron chi connectivity index (χ1n) is 6.47. The summed E-state index contributed by atoms with van der Waals surface area (Å²) in [5.74, 6) is -1.34. The second-order valence-electron chi connectivity index (χ2n) is 4.44. The SMILES string of the molecule is CCOc1ccccc1-n1c(N)nc2ccc(F)c(F)c21. The zero-order valence-electron chi connectivity index (χ0n) is 11.3. The maximum atomic E-state index is 14.1. The number of para-hydroxylation sites is 2. The van der Waals surface area contributed by atoms with Gasteiger partial charge < -0.3 is 10.5 Å². The van der Waals surface area contributed by atoms with E-state index in [9.17, 15) is 8.78 Å². The average molecular weight is 289 g/mol. The highest BCUT2D eigenvalue weighted by atomic mass is 19.2. The minimum atomic E-state index is -0.983. The molecule has 1 aromatic heterocycles. The second-order valence-corrected chi connectivity index (χ2v) is 4.44. The molecule has 0 spiro atoms. The molecule has 108 valence electrons. The van der Waals surface area contributed by atoms with E-state index in [1.54, 1.807) is 24.3 Å². The number of imidazole rings is 1. The molecular formula is C15H13F2N3O. The number of nitrogens with two attached hydrogens (primary N) is 1. The van der Waals surface area contributed by atoms with Crippen molar-refractivity contribution in [2.75, 3.05) is 12.3 Å². The Morgan fingerprint density at radius 3 is 2.71 bits per heavy atom. The normalized spacial score (nSPS) is 11.0. The highest BCUT2D eigenvalue weighted by molar-refractivity contribution is 5.82. The van der Waals surface area contributed by atoms with Crippen molar-refractivity contribution in [2.24, 2.45) is 0 Å². The van der Waals surface area contributed by atoms with Crippen molar-refractivity contribution in [1.29, 1.82) is 0 Å². The van der Waals surface area contributed by atoms with Gasteiger partial charge in [0.1, 0.15) is 11.3 Å². The van der Waals surface area contributed by atoms with Crippen molar-refractivity contribution in [3.63, 3.8) is 0 Å². The van der Waals surface area contributed by atoms with E-state index in [0.717, 1.165) is 6.07 Å². The lowest BCUT2D eigenvalue weighted by Gasteiger charge is -2.12. The van der Waals surface area contributed by atoms with E-state index in [1.807, 2.05) is 6.92 Å². The molecule has 0 bridgehead atoms. The fourth-order valence-electron chi connectivity index (χ4n) is 2.28. The smallest absolute Gasteiger partial charge is 0.206 e. The molecule has 3 aromatic rings. The summed E-state index contributed by atoms with van der Waals surface area (Å²) in [6.45, 7) is 2.28. The molecule has 2 N–H and O–H groups in total. The molecule has 0 amide bonds. The first-order valence-corrected chi connectivity index (χ1v) is 6.47. The first kappa shape index (κ1) is 13.4. The maximum Gasteiger partial charge on any atom is 0.206 e. The van der Waals surface area contributed by atoms with Gasteiger partial charge in [0.15, 0.2) is 11.6 Å². The highest BCUT2D eigenvalue weighted by Crippen LogP contribution is 2.31. The number of nitrogen functional groups attached to an aromatic ring is 1. The van der Waals surface area contributed by atoms with Crippen LogP contribution in [0.2, 0.25) is 0 Å². The number of halogens is 2. The molecule has 4 nitrogen and oxygen atoms in total. The number of rotatable bonds is 3. The fourth-order valence-corrected chi connectivity index (χ4v) is 2.28. The largest absolute Gasteiger partial charge is 0.492 e. The lowest BCUT2D eigenvalue weighted by atomic mass is 10.2. The molecule has 21 heavy (non-hydrogen) atoms. The van der Waals surface area contributed by atoms with E-state index in [2.05, 4.69) is 4.98 Å². The number of ether oxygens (including phenoxy) is 1. The summed E-state index contributed by atoms with van der Waals surface area (Å²) in [5.41, 5.74) is 6.68. The van der Waals surface area contributed by atoms with Crippen molar-refractivity contribution in [3.05, 3.63) is 48.0 Å². The Morgan fingerprint density at radius 2 is 1.95 bits per heavy atom. The van der Waals surface area contributed by atoms with Crippen LogP contribution in [-0.4, -0.2) is 16.2 Å². The zero-order chi connectivity index (χ0) is 15.0. The predicted molar refractivity (Wildman–Crippen MR) is 76.6 cm³/mol. The van der Waals surface area contributed by atoms with E-state index in [-0.39, 0.29) is 17.0 Å². The zero-order valence-corrected chi connectivity index (χ0v) is 11.3. The Kier molecular flexibility index (Phi) is 3.21. The summed E-state index contributed by atoms with van der Waals surface area (Å²) < 4.78 is 34.5. The number of nitrogens with zero attached hydrogens (tertiary/aromatic N) is 2. The van der Waals surface area contributed by atoms with Crippen molar-refractivity contribution < 1.29 is 13.5 Å². The Labute approximate surface area is 119 Å². The van der Waals surface area contributed by atoms with Crippen LogP contribution in [0, 0.1) is 11.6 Å². The second kappa shape index (κ2) is 5.05. The third kappa shape index (κ3) is 2.08. The standard InChI is InChI=1S/C15H13F2N3O/c1-2-21-12-6-4-3-5-11(12)20-14-10(19-15(20)18)8-7-9(16)13(14)17/h3-8H,2H2,1H3,(H2,18,19). The topological polar surface area (TPSA) is 53.1 Å². The lowest BCUT2D eigenvalue weighted by Crippen LogP contribution is -2.05. The van der Waals surface area contributed by atoms with E-state index in [4.69, 9.17) is 10.5 Å². The molecule has 1 heterocycles. The van der Waals surface area contributed by atoms with Crippen LogP contribution in [0.5, 0.6) is 5.75 Å². The van der Waals surface area contributed by atoms with Crippen LogP contribution in [0.4, 0.5) is 14.7 Å². The van der Waals surface area contributed by atoms with Crippen molar-refractivity contribution in [3.8, 4) is 11.4 Å². The summed E-state index contributed by atoms with van der Waals surface area (Å²) >= 11 is 0. The molecule has 0 aliphatic rings. The van der Waals surface area contributed by atoms with Gasteiger partial charge in [0.25, 0.3) is 0 Å². The Bertz CT molecular complexity index is 814. The minimum Gasteiger partial charge on any atom is -0.492 e. The van der Waals surface area contributed by atoms with E-state index >= 15 is 0 Å². The van der Waals surface area contributed by atoms with Crippen LogP contribution in [0.1, 0.15) is 6.92 Å². The van der Waals surface area contributed by atoms with Gasteiger partial charge in [-0.15, -0.1) is 0 Å². The number of hydrogen-bond acceptors (Lipinski definition) is 3. The number of aromatic nitrogens is 2. The van der Waals surface area contributed by atoms with E-state index in [1.165, 1.54) is 10.6 Å². The molecule has 0 aliphatic heterocycles. The molecule has 0 fully saturated rings. The van der Waals surface area contributed by atoms with Crippen LogP contribution in [0.25, 0.3) is 16.7 Å². The average Bonchev–Trinajstić information content (AvgIpc) is 2.81. The van der Waals surface area contributed by atoms with Crippen LogP contribution in [0.15, 0.2) is 36.4 Å². The molecule has 0 radical (unpaired) electrons. The highest BCUT2D eigenvalue weighted by Gasteiger charge is 2.19. The molecular weight excluding hydrogens is 276 g/mol. The van der Waals surface area contributed by atoms with E-state index < -0.39 is 11.6 Å². The Hall–Kier alpha value is -2.63. The molecule has 6 heteroatoms. The molecule has 0 unspecified atom stereocenters. The number of benzene rings is 2. The van der Waals surface area contributed by atoms with Crippen LogP contribution in [0.3, 0.4) is 0 Å². The summed E-state index contributed by atoms with van der Waals surface area (Å²) in [5, 5.41) is 0. The molecule has 0 aliphatic carbocycles. The van der Waals surface area contributed by atoms with Gasteiger partial charge in [-0.2, -0.15) is 0 Å². The van der Waals surface area contributed by atoms with Crippen LogP contribution in [-0.2, 0) is 0 Å². The third-order valence-electron chi connectivity index (χ3n) is 3.14. The maximum absolute atomic E-state index is 14.1. The molecule has 2 aromatic carbocycles. The third-order valence-corrected chi connectivity index (χ3v) is 3.14. The molecule has 3 rings (SSSR count). The monoisotopic (exact) mass is 289 g/mol. The van der Waals surface area contributed by atoms with Gasteiger partial charge in [0, 0.05) is 0 Å². The van der Waals surface area contributed by atoms with Crippen molar-refractivity contribution >= 4 is 17.0 Å². The first-order chi connectivity index (χ1) is 10.1. The summed E-state index contributed by atoms with van der Waals surface area (Å²) in [6.07, 6.45) is 0. The predicted octanol–water partition coefficient (Wildman–Crippen LogP) is 3.28. The van der Waals surface area contributed by atoms with Gasteiger partial charge >= 0.3 is 0 Å². The number of hydrogen-bond donors (Lipinski definition) is 1. The minimum absolute atomic E-state index is 0.000321. The lowest BCUT2D eigenvalue weighted by molar-refractivity contribution is 0.339. The van der Waals surface area contributed by atoms with Crippen molar-refractivity contribution in [1.82, 2.24) is 9.55 Å². The van der Waals surface area contributed by atoms with Crippen LogP contribution < -0.4 is 10.5 Å². The van der Waals surface area contributed by atoms with Gasteiger partial charge in [0.2, 0.25) is 5.95 Å². The Balaban J connectivity index is 2.35. The molecule has 0 saturated heterocycles. The van der Waals surface area contributed by atoms with Gasteiger partial charge in [-0.25, -0.2) is 13.8 Å². The fraction of sp³-hybridized carbons (Fsp3) is 0.133.